The summed E-state index contributed by atoms with van der Waals surface area (Å²) in [5, 5.41) is 4.35. The number of aryl methyl sites for hydroxylation is 1. The summed E-state index contributed by atoms with van der Waals surface area (Å²) in [7, 11) is 1.93. The van der Waals surface area contributed by atoms with E-state index < -0.39 is 0 Å². The lowest BCUT2D eigenvalue weighted by Crippen LogP contribution is -3.14. The number of quaternary nitrogens is 1. The molecule has 2 aromatic rings. The number of hydrogen-bond donors (Lipinski definition) is 1. The maximum absolute atomic E-state index is 5.75. The molecule has 0 radical (unpaired) electrons. The molecule has 0 aliphatic carbocycles. The van der Waals surface area contributed by atoms with Gasteiger partial charge >= 0.3 is 0 Å². The molecule has 1 aliphatic rings. The van der Waals surface area contributed by atoms with Gasteiger partial charge in [-0.1, -0.05) is 12.1 Å². The van der Waals surface area contributed by atoms with Gasteiger partial charge in [0.05, 0.1) is 38.5 Å². The van der Waals surface area contributed by atoms with Crippen LogP contribution in [0.2, 0.25) is 0 Å². The van der Waals surface area contributed by atoms with Gasteiger partial charge in [0.25, 0.3) is 0 Å². The van der Waals surface area contributed by atoms with Gasteiger partial charge in [-0.2, -0.15) is 9.78 Å². The van der Waals surface area contributed by atoms with Crippen LogP contribution in [0, 0.1) is 4.77 Å². The molecule has 6 nitrogen and oxygen atoms in total. The average molecular weight is 334 g/mol. The third-order valence-electron chi connectivity index (χ3n) is 4.24. The lowest BCUT2D eigenvalue weighted by molar-refractivity contribution is -0.924. The molecule has 0 saturated carbocycles. The van der Waals surface area contributed by atoms with Crippen LogP contribution in [0.15, 0.2) is 30.6 Å². The van der Waals surface area contributed by atoms with E-state index in [1.165, 1.54) is 10.6 Å². The fourth-order valence-electron chi connectivity index (χ4n) is 2.96. The minimum Gasteiger partial charge on any atom is -0.492 e. The van der Waals surface area contributed by atoms with E-state index in [4.69, 9.17) is 17.0 Å². The van der Waals surface area contributed by atoms with Crippen molar-refractivity contribution in [1.82, 2.24) is 14.3 Å². The zero-order valence-corrected chi connectivity index (χ0v) is 14.6. The Bertz CT molecular complexity index is 702. The van der Waals surface area contributed by atoms with Gasteiger partial charge < -0.3 is 19.1 Å². The van der Waals surface area contributed by atoms with Crippen LogP contribution in [0.5, 0.6) is 5.75 Å². The number of anilines is 1. The predicted molar refractivity (Wildman–Crippen MR) is 92.6 cm³/mol. The van der Waals surface area contributed by atoms with Gasteiger partial charge in [0.1, 0.15) is 12.1 Å². The second-order valence-electron chi connectivity index (χ2n) is 5.82. The number of nitrogens with one attached hydrogen (secondary N) is 1. The van der Waals surface area contributed by atoms with E-state index >= 15 is 0 Å². The molecule has 2 heterocycles. The van der Waals surface area contributed by atoms with Crippen LogP contribution >= 0.6 is 12.2 Å². The molecule has 0 bridgehead atoms. The van der Waals surface area contributed by atoms with Crippen molar-refractivity contribution in [1.29, 1.82) is 0 Å². The Morgan fingerprint density at radius 1 is 1.26 bits per heavy atom. The van der Waals surface area contributed by atoms with Crippen molar-refractivity contribution < 1.29 is 9.64 Å². The minimum atomic E-state index is 0.695. The molecule has 1 fully saturated rings. The number of aromatic nitrogens is 3. The number of benzene rings is 1. The highest BCUT2D eigenvalue weighted by Gasteiger charge is 2.22. The lowest BCUT2D eigenvalue weighted by atomic mass is 10.2. The smallest absolute Gasteiger partial charge is 0.202 e. The molecule has 1 aliphatic heterocycles. The van der Waals surface area contributed by atoms with Gasteiger partial charge in [0, 0.05) is 7.05 Å². The van der Waals surface area contributed by atoms with Crippen molar-refractivity contribution in [2.45, 2.75) is 13.6 Å². The summed E-state index contributed by atoms with van der Waals surface area (Å²) in [4.78, 5) is 3.91. The fourth-order valence-corrected chi connectivity index (χ4v) is 3.12. The van der Waals surface area contributed by atoms with Crippen molar-refractivity contribution in [3.05, 3.63) is 35.4 Å². The first-order valence-electron chi connectivity index (χ1n) is 8.08. The second kappa shape index (κ2) is 7.14. The number of ether oxygens (including phenoxy) is 1. The van der Waals surface area contributed by atoms with Crippen LogP contribution in [0.25, 0.3) is 0 Å². The molecule has 1 aromatic carbocycles. The van der Waals surface area contributed by atoms with Crippen LogP contribution in [0.4, 0.5) is 5.69 Å². The summed E-state index contributed by atoms with van der Waals surface area (Å²) in [6.45, 7) is 7.72. The van der Waals surface area contributed by atoms with E-state index in [1.807, 2.05) is 35.4 Å². The van der Waals surface area contributed by atoms with Crippen LogP contribution in [-0.4, -0.2) is 47.1 Å². The van der Waals surface area contributed by atoms with Crippen molar-refractivity contribution >= 4 is 17.9 Å². The highest BCUT2D eigenvalue weighted by atomic mass is 32.1. The fraction of sp³-hybridized carbons (Fsp3) is 0.500. The summed E-state index contributed by atoms with van der Waals surface area (Å²) in [6, 6.07) is 8.29. The summed E-state index contributed by atoms with van der Waals surface area (Å²) in [5.74, 6) is 0.977. The number of nitrogens with zero attached hydrogens (tertiary/aromatic N) is 4. The second-order valence-corrected chi connectivity index (χ2v) is 6.19. The number of piperazine rings is 1. The van der Waals surface area contributed by atoms with Crippen molar-refractivity contribution in [2.75, 3.05) is 37.7 Å². The van der Waals surface area contributed by atoms with Crippen LogP contribution in [-0.2, 0) is 13.7 Å². The highest BCUT2D eigenvalue weighted by Crippen LogP contribution is 2.27. The van der Waals surface area contributed by atoms with Crippen molar-refractivity contribution in [2.24, 2.45) is 7.05 Å². The molecule has 0 atom stereocenters. The summed E-state index contributed by atoms with van der Waals surface area (Å²) in [6.07, 6.45) is 1.77. The Morgan fingerprint density at radius 3 is 2.65 bits per heavy atom. The Balaban J connectivity index is 1.62. The highest BCUT2D eigenvalue weighted by molar-refractivity contribution is 7.71. The Labute approximate surface area is 141 Å². The molecule has 0 spiro atoms. The van der Waals surface area contributed by atoms with Gasteiger partial charge in [-0.05, 0) is 31.3 Å². The number of rotatable bonds is 5. The average Bonchev–Trinajstić information content (AvgIpc) is 2.89. The first kappa shape index (κ1) is 16.0. The Morgan fingerprint density at radius 2 is 2.00 bits per heavy atom. The van der Waals surface area contributed by atoms with Gasteiger partial charge in [0.2, 0.25) is 4.77 Å². The largest absolute Gasteiger partial charge is 0.492 e. The first-order chi connectivity index (χ1) is 11.2. The number of para-hydroxylation sites is 2. The zero-order valence-electron chi connectivity index (χ0n) is 13.7. The van der Waals surface area contributed by atoms with E-state index in [0.29, 0.717) is 6.61 Å². The summed E-state index contributed by atoms with van der Waals surface area (Å²) < 4.78 is 10.3. The molecule has 1 saturated heterocycles. The molecular formula is C16H24N5OS+. The van der Waals surface area contributed by atoms with E-state index in [1.54, 1.807) is 6.33 Å². The molecule has 1 aromatic heterocycles. The molecule has 23 heavy (non-hydrogen) atoms. The predicted octanol–water partition coefficient (Wildman–Crippen LogP) is 0.712. The molecular weight excluding hydrogens is 310 g/mol. The zero-order chi connectivity index (χ0) is 16.2. The topological polar surface area (TPSA) is 39.7 Å². The third kappa shape index (κ3) is 3.56. The summed E-state index contributed by atoms with van der Waals surface area (Å²) in [5.41, 5.74) is 1.20. The van der Waals surface area contributed by atoms with Crippen LogP contribution in [0.1, 0.15) is 6.92 Å². The normalized spacial score (nSPS) is 15.8. The maximum atomic E-state index is 5.75. The van der Waals surface area contributed by atoms with E-state index in [9.17, 15) is 0 Å². The van der Waals surface area contributed by atoms with Crippen LogP contribution in [0.3, 0.4) is 0 Å². The maximum Gasteiger partial charge on any atom is 0.202 e. The van der Waals surface area contributed by atoms with E-state index in [-0.39, 0.29) is 0 Å². The van der Waals surface area contributed by atoms with E-state index in [2.05, 4.69) is 22.1 Å². The molecule has 1 N–H and O–H groups in total. The lowest BCUT2D eigenvalue weighted by Gasteiger charge is -2.34. The Hall–Kier alpha value is -1.86. The van der Waals surface area contributed by atoms with Crippen LogP contribution < -0.4 is 14.5 Å². The molecule has 0 amide bonds. The third-order valence-corrected chi connectivity index (χ3v) is 4.74. The Kier molecular flexibility index (Phi) is 4.97. The SMILES string of the molecule is CCOc1ccccc1N1CC[NH+](Cn2ncn(C)c2=S)CC1. The quantitative estimate of drug-likeness (QED) is 0.818. The first-order valence-corrected chi connectivity index (χ1v) is 8.48. The van der Waals surface area contributed by atoms with Crippen molar-refractivity contribution in [3.63, 3.8) is 0 Å². The molecule has 0 unspecified atom stereocenters. The van der Waals surface area contributed by atoms with Gasteiger partial charge in [-0.15, -0.1) is 0 Å². The summed E-state index contributed by atoms with van der Waals surface area (Å²) >= 11 is 5.36. The van der Waals surface area contributed by atoms with Crippen molar-refractivity contribution in [3.8, 4) is 5.75 Å². The van der Waals surface area contributed by atoms with Gasteiger partial charge in [-0.3, -0.25) is 0 Å². The van der Waals surface area contributed by atoms with Gasteiger partial charge in [0.15, 0.2) is 6.67 Å². The minimum absolute atomic E-state index is 0.695. The van der Waals surface area contributed by atoms with Gasteiger partial charge in [-0.25, -0.2) is 0 Å². The van der Waals surface area contributed by atoms with E-state index in [0.717, 1.165) is 43.4 Å². The number of hydrogen-bond acceptors (Lipinski definition) is 4. The molecule has 7 heteroatoms. The standard InChI is InChI=1S/C16H23N5OS/c1-3-22-15-7-5-4-6-14(15)20-10-8-19(9-11-20)13-21-16(23)18(2)12-17-21/h4-7,12H,3,8-11,13H2,1-2H3/p+1. The molecule has 3 rings (SSSR count). The monoisotopic (exact) mass is 334 g/mol. The molecule has 124 valence electrons.